The molecular weight excluding hydrogens is 226 g/mol. The number of rotatable bonds is 5. The highest BCUT2D eigenvalue weighted by molar-refractivity contribution is 5.86. The third-order valence-corrected chi connectivity index (χ3v) is 2.21. The Morgan fingerprint density at radius 3 is 3.06 bits per heavy atom. The Bertz CT molecular complexity index is 504. The molecule has 7 heteroatoms. The summed E-state index contributed by atoms with van der Waals surface area (Å²) in [5.41, 5.74) is 0.315. The van der Waals surface area contributed by atoms with Crippen molar-refractivity contribution in [3.05, 3.63) is 35.5 Å². The van der Waals surface area contributed by atoms with Crippen LogP contribution in [-0.4, -0.2) is 33.2 Å². The smallest absolute Gasteiger partial charge is 0.358 e. The maximum absolute atomic E-state index is 10.9. The van der Waals surface area contributed by atoms with Crippen LogP contribution < -0.4 is 0 Å². The Morgan fingerprint density at radius 2 is 2.47 bits per heavy atom. The molecule has 2 rings (SSSR count). The van der Waals surface area contributed by atoms with Crippen molar-refractivity contribution in [2.24, 2.45) is 0 Å². The predicted molar refractivity (Wildman–Crippen MR) is 55.5 cm³/mol. The minimum atomic E-state index is -1.12. The zero-order chi connectivity index (χ0) is 12.3. The largest absolute Gasteiger partial charge is 0.476 e. The number of hydrogen-bond donors (Lipinski definition) is 1. The van der Waals surface area contributed by atoms with E-state index in [0.29, 0.717) is 18.0 Å². The summed E-state index contributed by atoms with van der Waals surface area (Å²) < 4.78 is 11.6. The van der Waals surface area contributed by atoms with Crippen molar-refractivity contribution in [2.75, 3.05) is 7.11 Å². The van der Waals surface area contributed by atoms with Crippen LogP contribution in [0.2, 0.25) is 0 Å². The van der Waals surface area contributed by atoms with Gasteiger partial charge in [0, 0.05) is 7.11 Å². The highest BCUT2D eigenvalue weighted by Crippen LogP contribution is 2.10. The number of carbonyl (C=O) groups is 1. The second kappa shape index (κ2) is 4.79. The van der Waals surface area contributed by atoms with Crippen LogP contribution >= 0.6 is 0 Å². The van der Waals surface area contributed by atoms with E-state index < -0.39 is 5.97 Å². The van der Waals surface area contributed by atoms with E-state index in [1.807, 2.05) is 0 Å². The first-order valence-corrected chi connectivity index (χ1v) is 4.89. The third-order valence-electron chi connectivity index (χ3n) is 2.21. The Kier molecular flexibility index (Phi) is 3.20. The quantitative estimate of drug-likeness (QED) is 0.825. The lowest BCUT2D eigenvalue weighted by molar-refractivity contribution is 0.0684. The molecule has 90 valence electrons. The fourth-order valence-electron chi connectivity index (χ4n) is 1.46. The van der Waals surface area contributed by atoms with Crippen LogP contribution in [0.1, 0.15) is 21.9 Å². The van der Waals surface area contributed by atoms with Crippen LogP contribution in [-0.2, 0) is 17.9 Å². The van der Waals surface area contributed by atoms with Gasteiger partial charge in [-0.3, -0.25) is 0 Å². The molecule has 2 aromatic heterocycles. The molecule has 7 nitrogen and oxygen atoms in total. The van der Waals surface area contributed by atoms with Crippen LogP contribution in [0.25, 0.3) is 0 Å². The zero-order valence-electron chi connectivity index (χ0n) is 9.16. The molecule has 0 radical (unpaired) electrons. The molecule has 0 unspecified atom stereocenters. The summed E-state index contributed by atoms with van der Waals surface area (Å²) in [7, 11) is 1.48. The van der Waals surface area contributed by atoms with Gasteiger partial charge in [0.1, 0.15) is 12.3 Å². The molecular formula is C10H11N3O4. The summed E-state index contributed by atoms with van der Waals surface area (Å²) in [6.07, 6.45) is 1.54. The number of carboxylic acids is 1. The summed E-state index contributed by atoms with van der Waals surface area (Å²) in [6.45, 7) is 0.460. The number of nitrogens with zero attached hydrogens (tertiary/aromatic N) is 3. The van der Waals surface area contributed by atoms with E-state index >= 15 is 0 Å². The molecule has 0 aliphatic rings. The third kappa shape index (κ3) is 2.34. The van der Waals surface area contributed by atoms with Gasteiger partial charge in [-0.05, 0) is 12.1 Å². The minimum absolute atomic E-state index is 0.0987. The predicted octanol–water partition coefficient (Wildman–Crippen LogP) is 0.764. The number of ether oxygens (including phenoxy) is 1. The van der Waals surface area contributed by atoms with Gasteiger partial charge in [-0.1, -0.05) is 5.21 Å². The van der Waals surface area contributed by atoms with E-state index in [2.05, 4.69) is 10.3 Å². The zero-order valence-corrected chi connectivity index (χ0v) is 9.16. The van der Waals surface area contributed by atoms with E-state index in [9.17, 15) is 4.79 Å². The molecule has 2 aromatic rings. The lowest BCUT2D eigenvalue weighted by Crippen LogP contribution is -2.09. The summed E-state index contributed by atoms with van der Waals surface area (Å²) in [6, 6.07) is 3.53. The highest BCUT2D eigenvalue weighted by atomic mass is 16.5. The van der Waals surface area contributed by atoms with E-state index in [0.717, 1.165) is 0 Å². The van der Waals surface area contributed by atoms with Gasteiger partial charge < -0.3 is 14.3 Å². The van der Waals surface area contributed by atoms with Crippen molar-refractivity contribution in [3.63, 3.8) is 0 Å². The minimum Gasteiger partial charge on any atom is -0.476 e. The van der Waals surface area contributed by atoms with E-state index in [-0.39, 0.29) is 12.3 Å². The first-order valence-electron chi connectivity index (χ1n) is 4.89. The molecule has 0 aliphatic carbocycles. The number of furan rings is 1. The fraction of sp³-hybridized carbons (Fsp3) is 0.300. The highest BCUT2D eigenvalue weighted by Gasteiger charge is 2.19. The van der Waals surface area contributed by atoms with Crippen LogP contribution in [0.4, 0.5) is 0 Å². The van der Waals surface area contributed by atoms with Crippen molar-refractivity contribution < 1.29 is 19.1 Å². The number of hydrogen-bond acceptors (Lipinski definition) is 5. The van der Waals surface area contributed by atoms with Crippen LogP contribution in [0.3, 0.4) is 0 Å². The molecule has 0 spiro atoms. The monoisotopic (exact) mass is 237 g/mol. The first kappa shape index (κ1) is 11.3. The van der Waals surface area contributed by atoms with Gasteiger partial charge in [0.15, 0.2) is 5.69 Å². The maximum Gasteiger partial charge on any atom is 0.358 e. The van der Waals surface area contributed by atoms with Gasteiger partial charge in [-0.25, -0.2) is 9.48 Å². The molecule has 0 amide bonds. The summed E-state index contributed by atoms with van der Waals surface area (Å²) >= 11 is 0. The lowest BCUT2D eigenvalue weighted by atomic mass is 10.3. The number of carboxylic acid groups (broad SMARTS) is 1. The summed E-state index contributed by atoms with van der Waals surface area (Å²) in [5.74, 6) is -0.452. The van der Waals surface area contributed by atoms with Gasteiger partial charge in [0.05, 0.1) is 18.6 Å². The normalized spacial score (nSPS) is 10.6. The van der Waals surface area contributed by atoms with Crippen molar-refractivity contribution in [3.8, 4) is 0 Å². The molecule has 0 saturated carbocycles. The SMILES string of the molecule is COCc1c(C(=O)O)nnn1Cc1ccco1. The lowest BCUT2D eigenvalue weighted by Gasteiger charge is -2.03. The van der Waals surface area contributed by atoms with E-state index in [1.54, 1.807) is 18.4 Å². The molecule has 2 heterocycles. The average Bonchev–Trinajstić information content (AvgIpc) is 2.90. The summed E-state index contributed by atoms with van der Waals surface area (Å²) in [4.78, 5) is 10.9. The van der Waals surface area contributed by atoms with E-state index in [1.165, 1.54) is 11.8 Å². The Hall–Kier alpha value is -2.15. The topological polar surface area (TPSA) is 90.4 Å². The average molecular weight is 237 g/mol. The van der Waals surface area contributed by atoms with Crippen LogP contribution in [0.15, 0.2) is 22.8 Å². The van der Waals surface area contributed by atoms with E-state index in [4.69, 9.17) is 14.3 Å². The Balaban J connectivity index is 2.30. The van der Waals surface area contributed by atoms with Gasteiger partial charge in [-0.2, -0.15) is 0 Å². The number of aromatic carboxylic acids is 1. The van der Waals surface area contributed by atoms with Crippen molar-refractivity contribution >= 4 is 5.97 Å². The fourth-order valence-corrected chi connectivity index (χ4v) is 1.46. The molecule has 0 atom stereocenters. The molecule has 0 fully saturated rings. The second-order valence-electron chi connectivity index (χ2n) is 3.36. The van der Waals surface area contributed by atoms with Gasteiger partial charge in [0.25, 0.3) is 0 Å². The number of methoxy groups -OCH3 is 1. The molecule has 0 aromatic carbocycles. The van der Waals surface area contributed by atoms with Gasteiger partial charge in [-0.15, -0.1) is 5.10 Å². The molecule has 0 saturated heterocycles. The van der Waals surface area contributed by atoms with Crippen molar-refractivity contribution in [1.82, 2.24) is 15.0 Å². The molecule has 17 heavy (non-hydrogen) atoms. The van der Waals surface area contributed by atoms with Crippen LogP contribution in [0.5, 0.6) is 0 Å². The van der Waals surface area contributed by atoms with Gasteiger partial charge in [0.2, 0.25) is 0 Å². The second-order valence-corrected chi connectivity index (χ2v) is 3.36. The van der Waals surface area contributed by atoms with Crippen LogP contribution in [0, 0.1) is 0 Å². The number of aromatic nitrogens is 3. The first-order chi connectivity index (χ1) is 8.22. The Morgan fingerprint density at radius 1 is 1.65 bits per heavy atom. The van der Waals surface area contributed by atoms with Gasteiger partial charge >= 0.3 is 5.97 Å². The molecule has 0 aliphatic heterocycles. The standard InChI is InChI=1S/C10H11N3O4/c1-16-6-8-9(10(14)15)11-12-13(8)5-7-3-2-4-17-7/h2-4H,5-6H2,1H3,(H,14,15). The maximum atomic E-state index is 10.9. The molecule has 1 N–H and O–H groups in total. The molecule has 0 bridgehead atoms. The summed E-state index contributed by atoms with van der Waals surface area (Å²) in [5, 5.41) is 16.3. The van der Waals surface area contributed by atoms with Crippen molar-refractivity contribution in [2.45, 2.75) is 13.2 Å². The van der Waals surface area contributed by atoms with Crippen molar-refractivity contribution in [1.29, 1.82) is 0 Å². The Labute approximate surface area is 96.6 Å².